The number of allylic oxidation sites excluding steroid dienone is 1. The van der Waals surface area contributed by atoms with E-state index in [1.165, 1.54) is 16.7 Å². The van der Waals surface area contributed by atoms with Gasteiger partial charge in [-0.1, -0.05) is 30.4 Å². The van der Waals surface area contributed by atoms with Crippen molar-refractivity contribution in [3.05, 3.63) is 41.5 Å². The second-order valence-corrected chi connectivity index (χ2v) is 3.75. The number of rotatable bonds is 4. The lowest BCUT2D eigenvalue weighted by atomic mass is 9.99. The molecule has 0 aliphatic heterocycles. The first-order chi connectivity index (χ1) is 6.65. The monoisotopic (exact) mass is 190 g/mol. The zero-order valence-corrected chi connectivity index (χ0v) is 9.01. The minimum atomic E-state index is 0.266. The zero-order valence-electron chi connectivity index (χ0n) is 9.01. The van der Waals surface area contributed by atoms with Gasteiger partial charge in [-0.3, -0.25) is 0 Å². The molecule has 1 aromatic carbocycles. The molecule has 1 heteroatoms. The Hall–Kier alpha value is -1.08. The molecule has 0 unspecified atom stereocenters. The summed E-state index contributed by atoms with van der Waals surface area (Å²) in [6, 6.07) is 6.39. The van der Waals surface area contributed by atoms with Gasteiger partial charge >= 0.3 is 0 Å². The zero-order chi connectivity index (χ0) is 10.6. The molecule has 0 saturated carbocycles. The molecule has 0 amide bonds. The van der Waals surface area contributed by atoms with Gasteiger partial charge in [0.1, 0.15) is 0 Å². The Labute approximate surface area is 86.1 Å². The van der Waals surface area contributed by atoms with Gasteiger partial charge in [0.2, 0.25) is 0 Å². The molecule has 76 valence electrons. The van der Waals surface area contributed by atoms with E-state index in [1.54, 1.807) is 0 Å². The van der Waals surface area contributed by atoms with Gasteiger partial charge in [0.15, 0.2) is 0 Å². The molecule has 0 aliphatic carbocycles. The minimum Gasteiger partial charge on any atom is -0.396 e. The van der Waals surface area contributed by atoms with E-state index in [0.29, 0.717) is 0 Å². The summed E-state index contributed by atoms with van der Waals surface area (Å²) in [6.45, 7) is 8.31. The van der Waals surface area contributed by atoms with Crippen molar-refractivity contribution in [2.24, 2.45) is 0 Å². The molecule has 1 N–H and O–H groups in total. The number of benzene rings is 1. The van der Waals surface area contributed by atoms with Gasteiger partial charge in [0.25, 0.3) is 0 Å². The highest BCUT2D eigenvalue weighted by molar-refractivity contribution is 5.62. The third-order valence-electron chi connectivity index (χ3n) is 2.44. The summed E-state index contributed by atoms with van der Waals surface area (Å²) in [4.78, 5) is 0. The third kappa shape index (κ3) is 2.71. The maximum Gasteiger partial charge on any atom is 0.0434 e. The van der Waals surface area contributed by atoms with Gasteiger partial charge in [0, 0.05) is 6.61 Å². The molecule has 0 spiro atoms. The second kappa shape index (κ2) is 4.97. The van der Waals surface area contributed by atoms with Crippen LogP contribution in [0.15, 0.2) is 24.8 Å². The molecular formula is C13H18O. The molecule has 0 atom stereocenters. The normalized spacial score (nSPS) is 10.2. The first-order valence-corrected chi connectivity index (χ1v) is 5.01. The second-order valence-electron chi connectivity index (χ2n) is 3.75. The summed E-state index contributed by atoms with van der Waals surface area (Å²) in [6.07, 6.45) is 1.80. The maximum absolute atomic E-state index is 8.75. The van der Waals surface area contributed by atoms with Crippen molar-refractivity contribution in [3.8, 4) is 0 Å². The molecule has 0 bridgehead atoms. The predicted octanol–water partition coefficient (Wildman–Crippen LogP) is 2.95. The Morgan fingerprint density at radius 2 is 2.14 bits per heavy atom. The van der Waals surface area contributed by atoms with Crippen LogP contribution in [-0.4, -0.2) is 11.7 Å². The Bertz CT molecular complexity index is 326. The molecule has 0 heterocycles. The molecule has 1 aromatic rings. The Balaban J connectivity index is 2.84. The van der Waals surface area contributed by atoms with E-state index in [4.69, 9.17) is 5.11 Å². The lowest BCUT2D eigenvalue weighted by Gasteiger charge is -2.07. The van der Waals surface area contributed by atoms with E-state index in [0.717, 1.165) is 18.4 Å². The Morgan fingerprint density at radius 3 is 2.64 bits per heavy atom. The SMILES string of the molecule is C=C(C)c1ccc(CCCO)c(C)c1. The highest BCUT2D eigenvalue weighted by atomic mass is 16.2. The van der Waals surface area contributed by atoms with Gasteiger partial charge in [0.05, 0.1) is 0 Å². The van der Waals surface area contributed by atoms with Crippen molar-refractivity contribution in [2.75, 3.05) is 6.61 Å². The van der Waals surface area contributed by atoms with E-state index in [9.17, 15) is 0 Å². The molecule has 0 aromatic heterocycles. The molecule has 0 fully saturated rings. The topological polar surface area (TPSA) is 20.2 Å². The largest absolute Gasteiger partial charge is 0.396 e. The van der Waals surface area contributed by atoms with Crippen LogP contribution in [0.5, 0.6) is 0 Å². The fourth-order valence-electron chi connectivity index (χ4n) is 1.51. The van der Waals surface area contributed by atoms with Crippen molar-refractivity contribution in [3.63, 3.8) is 0 Å². The van der Waals surface area contributed by atoms with Crippen molar-refractivity contribution >= 4 is 5.57 Å². The predicted molar refractivity (Wildman–Crippen MR) is 61.3 cm³/mol. The lowest BCUT2D eigenvalue weighted by Crippen LogP contribution is -1.93. The van der Waals surface area contributed by atoms with E-state index >= 15 is 0 Å². The number of aliphatic hydroxyl groups is 1. The van der Waals surface area contributed by atoms with Gasteiger partial charge in [-0.25, -0.2) is 0 Å². The van der Waals surface area contributed by atoms with E-state index in [2.05, 4.69) is 31.7 Å². The number of aryl methyl sites for hydroxylation is 2. The van der Waals surface area contributed by atoms with Crippen LogP contribution in [0.4, 0.5) is 0 Å². The molecule has 1 nitrogen and oxygen atoms in total. The highest BCUT2D eigenvalue weighted by Crippen LogP contribution is 2.17. The number of hydrogen-bond acceptors (Lipinski definition) is 1. The first-order valence-electron chi connectivity index (χ1n) is 5.01. The van der Waals surface area contributed by atoms with Gasteiger partial charge in [-0.15, -0.1) is 0 Å². The van der Waals surface area contributed by atoms with Crippen LogP contribution >= 0.6 is 0 Å². The van der Waals surface area contributed by atoms with E-state index in [1.807, 2.05) is 6.92 Å². The Kier molecular flexibility index (Phi) is 3.90. The standard InChI is InChI=1S/C13H18O/c1-10(2)13-7-6-12(5-4-8-14)11(3)9-13/h6-7,9,14H,1,4-5,8H2,2-3H3. The van der Waals surface area contributed by atoms with E-state index < -0.39 is 0 Å². The summed E-state index contributed by atoms with van der Waals surface area (Å²) >= 11 is 0. The highest BCUT2D eigenvalue weighted by Gasteiger charge is 2.00. The average molecular weight is 190 g/mol. The van der Waals surface area contributed by atoms with Crippen LogP contribution in [0.25, 0.3) is 5.57 Å². The van der Waals surface area contributed by atoms with Crippen molar-refractivity contribution < 1.29 is 5.11 Å². The van der Waals surface area contributed by atoms with Crippen LogP contribution in [0.1, 0.15) is 30.0 Å². The lowest BCUT2D eigenvalue weighted by molar-refractivity contribution is 0.288. The fourth-order valence-corrected chi connectivity index (χ4v) is 1.51. The summed E-state index contributed by atoms with van der Waals surface area (Å²) in [5, 5.41) is 8.75. The van der Waals surface area contributed by atoms with Gasteiger partial charge in [-0.2, -0.15) is 0 Å². The molecule has 14 heavy (non-hydrogen) atoms. The average Bonchev–Trinajstić information content (AvgIpc) is 2.15. The first kappa shape index (κ1) is 11.0. The third-order valence-corrected chi connectivity index (χ3v) is 2.44. The van der Waals surface area contributed by atoms with Gasteiger partial charge < -0.3 is 5.11 Å². The van der Waals surface area contributed by atoms with Crippen molar-refractivity contribution in [1.29, 1.82) is 0 Å². The summed E-state index contributed by atoms with van der Waals surface area (Å²) in [5.41, 5.74) is 4.92. The van der Waals surface area contributed by atoms with Crippen molar-refractivity contribution in [1.82, 2.24) is 0 Å². The van der Waals surface area contributed by atoms with Crippen LogP contribution in [0.3, 0.4) is 0 Å². The summed E-state index contributed by atoms with van der Waals surface area (Å²) < 4.78 is 0. The smallest absolute Gasteiger partial charge is 0.0434 e. The quantitative estimate of drug-likeness (QED) is 0.774. The molecule has 0 aliphatic rings. The molecule has 0 radical (unpaired) electrons. The number of aliphatic hydroxyl groups excluding tert-OH is 1. The fraction of sp³-hybridized carbons (Fsp3) is 0.385. The number of hydrogen-bond donors (Lipinski definition) is 1. The maximum atomic E-state index is 8.75. The van der Waals surface area contributed by atoms with Crippen LogP contribution in [0, 0.1) is 6.92 Å². The Morgan fingerprint density at radius 1 is 1.43 bits per heavy atom. The molecule has 1 rings (SSSR count). The summed E-state index contributed by atoms with van der Waals surface area (Å²) in [7, 11) is 0. The van der Waals surface area contributed by atoms with Crippen LogP contribution < -0.4 is 0 Å². The van der Waals surface area contributed by atoms with Gasteiger partial charge in [-0.05, 0) is 43.4 Å². The molecule has 0 saturated heterocycles. The van der Waals surface area contributed by atoms with Crippen LogP contribution in [-0.2, 0) is 6.42 Å². The van der Waals surface area contributed by atoms with Crippen molar-refractivity contribution in [2.45, 2.75) is 26.7 Å². The summed E-state index contributed by atoms with van der Waals surface area (Å²) in [5.74, 6) is 0. The minimum absolute atomic E-state index is 0.266. The van der Waals surface area contributed by atoms with E-state index in [-0.39, 0.29) is 6.61 Å². The molecular weight excluding hydrogens is 172 g/mol. The van der Waals surface area contributed by atoms with Crippen LogP contribution in [0.2, 0.25) is 0 Å².